The monoisotopic (exact) mass is 528 g/mol. The lowest BCUT2D eigenvalue weighted by Crippen LogP contribution is -2.48. The van der Waals surface area contributed by atoms with E-state index in [4.69, 9.17) is 23.2 Å². The van der Waals surface area contributed by atoms with Crippen molar-refractivity contribution in [3.05, 3.63) is 93.2 Å². The van der Waals surface area contributed by atoms with E-state index >= 15 is 0 Å². The Labute approximate surface area is 220 Å². The van der Waals surface area contributed by atoms with E-state index in [1.54, 1.807) is 23.9 Å². The van der Waals surface area contributed by atoms with Crippen molar-refractivity contribution >= 4 is 40.7 Å². The smallest absolute Gasteiger partial charge is 0.162 e. The van der Waals surface area contributed by atoms with Crippen LogP contribution in [0.4, 0.5) is 4.39 Å². The third-order valence-corrected chi connectivity index (χ3v) is 8.55. The molecular formula is C28H27Cl2FN2OS. The molecule has 3 nitrogen and oxygen atoms in total. The maximum Gasteiger partial charge on any atom is 0.162 e. The van der Waals surface area contributed by atoms with Crippen LogP contribution < -0.4 is 0 Å². The normalized spacial score (nSPS) is 18.5. The molecule has 1 atom stereocenters. The topological polar surface area (TPSA) is 23.6 Å². The molecule has 35 heavy (non-hydrogen) atoms. The van der Waals surface area contributed by atoms with Crippen molar-refractivity contribution in [1.29, 1.82) is 0 Å². The molecule has 0 saturated carbocycles. The molecule has 5 rings (SSSR count). The highest BCUT2D eigenvalue weighted by atomic mass is 35.5. The van der Waals surface area contributed by atoms with Crippen LogP contribution >= 0.6 is 35.0 Å². The van der Waals surface area contributed by atoms with Gasteiger partial charge in [-0.05, 0) is 85.1 Å². The predicted molar refractivity (Wildman–Crippen MR) is 141 cm³/mol. The molecule has 0 radical (unpaired) electrons. The molecule has 0 bridgehead atoms. The Morgan fingerprint density at radius 2 is 1.63 bits per heavy atom. The lowest BCUT2D eigenvalue weighted by Gasteiger charge is -2.39. The first kappa shape index (κ1) is 24.8. The molecule has 0 unspecified atom stereocenters. The summed E-state index contributed by atoms with van der Waals surface area (Å²) in [7, 11) is 0. The Morgan fingerprint density at radius 3 is 2.40 bits per heavy atom. The van der Waals surface area contributed by atoms with Crippen molar-refractivity contribution < 1.29 is 9.18 Å². The van der Waals surface area contributed by atoms with Gasteiger partial charge in [0, 0.05) is 64.0 Å². The molecule has 3 aromatic carbocycles. The number of hydrogen-bond donors (Lipinski definition) is 0. The molecule has 2 aliphatic heterocycles. The first-order valence-electron chi connectivity index (χ1n) is 12.0. The molecule has 7 heteroatoms. The summed E-state index contributed by atoms with van der Waals surface area (Å²) in [6, 6.07) is 18.5. The molecule has 0 amide bonds. The van der Waals surface area contributed by atoms with Crippen molar-refractivity contribution in [3.8, 4) is 0 Å². The Bertz CT molecular complexity index is 1210. The second kappa shape index (κ2) is 11.0. The first-order chi connectivity index (χ1) is 17.0. The van der Waals surface area contributed by atoms with E-state index in [-0.39, 0.29) is 17.6 Å². The third kappa shape index (κ3) is 5.92. The summed E-state index contributed by atoms with van der Waals surface area (Å²) < 4.78 is 13.1. The lowest BCUT2D eigenvalue weighted by atomic mass is 9.96. The fourth-order valence-corrected chi connectivity index (χ4v) is 6.54. The highest BCUT2D eigenvalue weighted by Gasteiger charge is 2.30. The summed E-state index contributed by atoms with van der Waals surface area (Å²) in [5, 5.41) is 1.53. The number of hydrogen-bond acceptors (Lipinski definition) is 4. The maximum absolute atomic E-state index is 13.1. The molecule has 182 valence electrons. The number of benzene rings is 3. The van der Waals surface area contributed by atoms with Gasteiger partial charge in [-0.25, -0.2) is 4.39 Å². The number of carbonyl (C=O) groups excluding carboxylic acids is 1. The fraction of sp³-hybridized carbons (Fsp3) is 0.321. The average molecular weight is 530 g/mol. The average Bonchev–Trinajstić information content (AvgIpc) is 3.01. The van der Waals surface area contributed by atoms with Gasteiger partial charge in [0.15, 0.2) is 5.78 Å². The van der Waals surface area contributed by atoms with E-state index in [1.807, 2.05) is 12.1 Å². The van der Waals surface area contributed by atoms with Crippen LogP contribution in [0.1, 0.15) is 40.4 Å². The largest absolute Gasteiger partial charge is 0.301 e. The lowest BCUT2D eigenvalue weighted by molar-refractivity contribution is 0.0888. The van der Waals surface area contributed by atoms with Gasteiger partial charge < -0.3 is 4.90 Å². The van der Waals surface area contributed by atoms with E-state index < -0.39 is 0 Å². The molecule has 3 aromatic rings. The second-order valence-electron chi connectivity index (χ2n) is 9.17. The number of carbonyl (C=O) groups is 1. The van der Waals surface area contributed by atoms with Crippen LogP contribution in [0.2, 0.25) is 10.0 Å². The molecule has 2 aliphatic rings. The number of nitrogens with zero attached hydrogens (tertiary/aromatic N) is 2. The number of halogens is 3. The van der Waals surface area contributed by atoms with Gasteiger partial charge in [0.25, 0.3) is 0 Å². The summed E-state index contributed by atoms with van der Waals surface area (Å²) in [5.74, 6) is -0.240. The molecule has 1 fully saturated rings. The Morgan fingerprint density at radius 1 is 0.914 bits per heavy atom. The fourth-order valence-electron chi connectivity index (χ4n) is 4.97. The SMILES string of the molecule is O=C(CCCN1CCN([C@@H]2Cc3ccc(Cl)cc3Sc3ccc(Cl)cc32)CC1)c1ccc(F)cc1. The first-order valence-corrected chi connectivity index (χ1v) is 13.5. The van der Waals surface area contributed by atoms with Gasteiger partial charge in [-0.1, -0.05) is 41.0 Å². The van der Waals surface area contributed by atoms with E-state index in [1.165, 1.54) is 33.1 Å². The highest BCUT2D eigenvalue weighted by Crippen LogP contribution is 2.44. The second-order valence-corrected chi connectivity index (χ2v) is 11.1. The van der Waals surface area contributed by atoms with E-state index in [2.05, 4.69) is 34.1 Å². The van der Waals surface area contributed by atoms with Gasteiger partial charge in [-0.2, -0.15) is 0 Å². The molecule has 0 aromatic heterocycles. The summed E-state index contributed by atoms with van der Waals surface area (Å²) in [5.41, 5.74) is 3.19. The summed E-state index contributed by atoms with van der Waals surface area (Å²) >= 11 is 14.5. The van der Waals surface area contributed by atoms with Crippen LogP contribution in [-0.4, -0.2) is 48.3 Å². The number of piperazine rings is 1. The molecule has 0 spiro atoms. The van der Waals surface area contributed by atoms with Crippen molar-refractivity contribution in [2.45, 2.75) is 35.1 Å². The van der Waals surface area contributed by atoms with E-state index in [0.717, 1.165) is 55.6 Å². The minimum atomic E-state index is -0.316. The minimum Gasteiger partial charge on any atom is -0.301 e. The Kier molecular flexibility index (Phi) is 7.80. The number of Topliss-reactive ketones (excluding diaryl/α,β-unsaturated/α-hetero) is 1. The highest BCUT2D eigenvalue weighted by molar-refractivity contribution is 7.99. The predicted octanol–water partition coefficient (Wildman–Crippen LogP) is 7.16. The van der Waals surface area contributed by atoms with Crippen LogP contribution in [0.25, 0.3) is 0 Å². The van der Waals surface area contributed by atoms with Crippen LogP contribution in [0.5, 0.6) is 0 Å². The minimum absolute atomic E-state index is 0.0758. The Balaban J connectivity index is 1.21. The summed E-state index contributed by atoms with van der Waals surface area (Å²) in [6.45, 7) is 4.77. The zero-order valence-electron chi connectivity index (χ0n) is 19.4. The van der Waals surface area contributed by atoms with Gasteiger partial charge in [0.2, 0.25) is 0 Å². The van der Waals surface area contributed by atoms with Gasteiger partial charge in [0.1, 0.15) is 5.82 Å². The van der Waals surface area contributed by atoms with Crippen molar-refractivity contribution in [3.63, 3.8) is 0 Å². The van der Waals surface area contributed by atoms with Gasteiger partial charge in [0.05, 0.1) is 0 Å². The molecule has 0 N–H and O–H groups in total. The maximum atomic E-state index is 13.1. The van der Waals surface area contributed by atoms with E-state index in [0.29, 0.717) is 12.0 Å². The number of rotatable bonds is 6. The van der Waals surface area contributed by atoms with Gasteiger partial charge in [-0.15, -0.1) is 0 Å². The quantitative estimate of drug-likeness (QED) is 0.316. The number of fused-ring (bicyclic) bond motifs is 2. The zero-order chi connectivity index (χ0) is 24.4. The van der Waals surface area contributed by atoms with Gasteiger partial charge in [-0.3, -0.25) is 9.69 Å². The standard InChI is InChI=1S/C28H27Cl2FN2OS/c29-21-7-10-27-24(17-21)25(16-20-3-6-22(30)18-28(20)35-27)33-14-12-32(13-15-33)11-1-2-26(34)19-4-8-23(31)9-5-19/h3-10,17-18,25H,1-2,11-16H2/t25-/m1/s1. The zero-order valence-corrected chi connectivity index (χ0v) is 21.7. The number of ketones is 1. The van der Waals surface area contributed by atoms with Crippen LogP contribution in [0.3, 0.4) is 0 Å². The van der Waals surface area contributed by atoms with E-state index in [9.17, 15) is 9.18 Å². The van der Waals surface area contributed by atoms with Crippen molar-refractivity contribution in [2.75, 3.05) is 32.7 Å². The summed E-state index contributed by atoms with van der Waals surface area (Å²) in [6.07, 6.45) is 2.22. The Hall–Kier alpha value is -1.89. The van der Waals surface area contributed by atoms with Crippen LogP contribution in [0.15, 0.2) is 70.5 Å². The van der Waals surface area contributed by atoms with Gasteiger partial charge >= 0.3 is 0 Å². The molecule has 1 saturated heterocycles. The molecule has 2 heterocycles. The van der Waals surface area contributed by atoms with Crippen molar-refractivity contribution in [1.82, 2.24) is 9.80 Å². The third-order valence-electron chi connectivity index (χ3n) is 6.89. The summed E-state index contributed by atoms with van der Waals surface area (Å²) in [4.78, 5) is 19.8. The molecule has 0 aliphatic carbocycles. The van der Waals surface area contributed by atoms with Crippen molar-refractivity contribution in [2.24, 2.45) is 0 Å². The van der Waals surface area contributed by atoms with Crippen LogP contribution in [-0.2, 0) is 6.42 Å². The van der Waals surface area contributed by atoms with Crippen LogP contribution in [0, 0.1) is 5.82 Å². The molecular weight excluding hydrogens is 502 g/mol.